The Kier molecular flexibility index (Phi) is 13.2. The zero-order valence-electron chi connectivity index (χ0n) is 22.5. The molecule has 7 heteroatoms. The lowest BCUT2D eigenvalue weighted by Gasteiger charge is -2.29. The van der Waals surface area contributed by atoms with Crippen molar-refractivity contribution in [3.05, 3.63) is 40.9 Å². The Morgan fingerprint density at radius 1 is 1.00 bits per heavy atom. The van der Waals surface area contributed by atoms with Crippen LogP contribution in [-0.4, -0.2) is 27.5 Å². The van der Waals surface area contributed by atoms with Crippen LogP contribution in [0.3, 0.4) is 0 Å². The molecule has 0 spiro atoms. The Morgan fingerprint density at radius 3 is 2.41 bits per heavy atom. The Bertz CT molecular complexity index is 947. The lowest BCUT2D eigenvalue weighted by molar-refractivity contribution is -0.143. The molecule has 1 aromatic carbocycles. The molecule has 2 saturated carbocycles. The van der Waals surface area contributed by atoms with Crippen molar-refractivity contribution in [3.8, 4) is 0 Å². The van der Waals surface area contributed by atoms with E-state index in [9.17, 15) is 13.2 Å². The molecule has 2 fully saturated rings. The van der Waals surface area contributed by atoms with Crippen LogP contribution in [0.5, 0.6) is 0 Å². The number of rotatable bonds is 18. The number of allylic oxidation sites excluding steroid dienone is 2. The molecule has 2 aliphatic carbocycles. The maximum absolute atomic E-state index is 12.8. The lowest BCUT2D eigenvalue weighted by Crippen LogP contribution is -2.35. The van der Waals surface area contributed by atoms with Crippen LogP contribution in [0.15, 0.2) is 45.8 Å². The highest BCUT2D eigenvalue weighted by atomic mass is 79.9. The normalized spacial score (nSPS) is 23.2. The van der Waals surface area contributed by atoms with E-state index in [-0.39, 0.29) is 5.97 Å². The minimum Gasteiger partial charge on any atom is -0.466 e. The molecule has 0 saturated heterocycles. The predicted octanol–water partition coefficient (Wildman–Crippen LogP) is 7.80. The molecule has 0 heterocycles. The highest BCUT2D eigenvalue weighted by Gasteiger charge is 2.46. The standard InChI is InChI=1S/C30H46BrNO4S/c1-2-3-4-5-6-7-8-12-21-36-30(33)14-11-9-10-13-28-24-15-16-25(22-24)29(28)23-32-37(34,35)27-19-17-26(31)18-20-27/h10,13,17-20,24-25,28-29,32H,2-9,11-12,14-16,21-23H2,1H3/b13-10-. The van der Waals surface area contributed by atoms with Crippen LogP contribution < -0.4 is 4.72 Å². The molecule has 208 valence electrons. The van der Waals surface area contributed by atoms with Gasteiger partial charge in [-0.1, -0.05) is 80.0 Å². The molecule has 3 rings (SSSR count). The van der Waals surface area contributed by atoms with Crippen molar-refractivity contribution in [2.75, 3.05) is 13.2 Å². The zero-order chi connectivity index (χ0) is 26.5. The van der Waals surface area contributed by atoms with Crippen LogP contribution in [0.1, 0.15) is 96.8 Å². The van der Waals surface area contributed by atoms with Crippen LogP contribution in [0.25, 0.3) is 0 Å². The van der Waals surface area contributed by atoms with Gasteiger partial charge in [0.2, 0.25) is 10.0 Å². The Labute approximate surface area is 233 Å². The first kappa shape index (κ1) is 30.4. The predicted molar refractivity (Wildman–Crippen MR) is 154 cm³/mol. The summed E-state index contributed by atoms with van der Waals surface area (Å²) in [6, 6.07) is 6.77. The number of hydrogen-bond acceptors (Lipinski definition) is 4. The van der Waals surface area contributed by atoms with Gasteiger partial charge in [0.05, 0.1) is 11.5 Å². The number of fused-ring (bicyclic) bond motifs is 2. The molecule has 37 heavy (non-hydrogen) atoms. The summed E-state index contributed by atoms with van der Waals surface area (Å²) in [6.45, 7) is 3.27. The number of halogens is 1. The summed E-state index contributed by atoms with van der Waals surface area (Å²) in [7, 11) is -3.51. The first-order valence-electron chi connectivity index (χ1n) is 14.5. The number of esters is 1. The summed E-state index contributed by atoms with van der Waals surface area (Å²) in [5.41, 5.74) is 0. The summed E-state index contributed by atoms with van der Waals surface area (Å²) >= 11 is 3.36. The van der Waals surface area contributed by atoms with Gasteiger partial charge in [0.1, 0.15) is 0 Å². The van der Waals surface area contributed by atoms with Gasteiger partial charge in [0.15, 0.2) is 0 Å². The van der Waals surface area contributed by atoms with Crippen molar-refractivity contribution in [2.45, 2.75) is 102 Å². The smallest absolute Gasteiger partial charge is 0.305 e. The Hall–Kier alpha value is -1.18. The molecule has 0 aromatic heterocycles. The van der Waals surface area contributed by atoms with E-state index in [1.54, 1.807) is 24.3 Å². The topological polar surface area (TPSA) is 72.5 Å². The summed E-state index contributed by atoms with van der Waals surface area (Å²) in [6.07, 6.45) is 20.2. The number of sulfonamides is 1. The van der Waals surface area contributed by atoms with Crippen molar-refractivity contribution in [1.82, 2.24) is 4.72 Å². The van der Waals surface area contributed by atoms with Gasteiger partial charge in [0, 0.05) is 17.4 Å². The average molecular weight is 597 g/mol. The number of ether oxygens (including phenoxy) is 1. The van der Waals surface area contributed by atoms with Crippen molar-refractivity contribution in [1.29, 1.82) is 0 Å². The molecule has 0 amide bonds. The number of benzene rings is 1. The Morgan fingerprint density at radius 2 is 1.68 bits per heavy atom. The number of carbonyl (C=O) groups is 1. The van der Waals surface area contributed by atoms with Gasteiger partial charge < -0.3 is 4.74 Å². The molecular weight excluding hydrogens is 550 g/mol. The monoisotopic (exact) mass is 595 g/mol. The minimum atomic E-state index is -3.51. The molecular formula is C30H46BrNO4S. The highest BCUT2D eigenvalue weighted by molar-refractivity contribution is 9.10. The van der Waals surface area contributed by atoms with E-state index in [0.717, 1.165) is 30.2 Å². The summed E-state index contributed by atoms with van der Waals surface area (Å²) in [5.74, 6) is 1.92. The highest BCUT2D eigenvalue weighted by Crippen LogP contribution is 2.52. The first-order valence-corrected chi connectivity index (χ1v) is 16.8. The van der Waals surface area contributed by atoms with Crippen molar-refractivity contribution >= 4 is 31.9 Å². The second kappa shape index (κ2) is 16.0. The first-order chi connectivity index (χ1) is 17.9. The van der Waals surface area contributed by atoms with Crippen molar-refractivity contribution in [2.24, 2.45) is 23.7 Å². The van der Waals surface area contributed by atoms with Crippen LogP contribution in [-0.2, 0) is 19.6 Å². The maximum Gasteiger partial charge on any atom is 0.305 e. The van der Waals surface area contributed by atoms with E-state index < -0.39 is 10.0 Å². The van der Waals surface area contributed by atoms with Crippen LogP contribution in [0.2, 0.25) is 0 Å². The SMILES string of the molecule is CCCCCCCCCCOC(=O)CCC/C=C\C1C2CCC(C2)C1CNS(=O)(=O)c1ccc(Br)cc1. The maximum atomic E-state index is 12.8. The molecule has 1 aromatic rings. The molecule has 2 aliphatic rings. The molecule has 0 aliphatic heterocycles. The number of hydrogen-bond donors (Lipinski definition) is 1. The van der Waals surface area contributed by atoms with Gasteiger partial charge in [-0.3, -0.25) is 4.79 Å². The fourth-order valence-corrected chi connectivity index (χ4v) is 7.41. The molecule has 4 atom stereocenters. The third kappa shape index (κ3) is 10.1. The van der Waals surface area contributed by atoms with Gasteiger partial charge >= 0.3 is 5.97 Å². The van der Waals surface area contributed by atoms with E-state index >= 15 is 0 Å². The van der Waals surface area contributed by atoms with E-state index in [4.69, 9.17) is 4.74 Å². The fraction of sp³-hybridized carbons (Fsp3) is 0.700. The molecule has 4 unspecified atom stereocenters. The third-order valence-corrected chi connectivity index (χ3v) is 10.1. The van der Waals surface area contributed by atoms with Crippen LogP contribution >= 0.6 is 15.9 Å². The summed E-state index contributed by atoms with van der Waals surface area (Å²) in [5, 5.41) is 0. The summed E-state index contributed by atoms with van der Waals surface area (Å²) in [4.78, 5) is 12.3. The molecule has 5 nitrogen and oxygen atoms in total. The fourth-order valence-electron chi connectivity index (χ4n) is 6.07. The van der Waals surface area contributed by atoms with Gasteiger partial charge in [-0.25, -0.2) is 13.1 Å². The van der Waals surface area contributed by atoms with Gasteiger partial charge in [-0.2, -0.15) is 0 Å². The molecule has 1 N–H and O–H groups in total. The van der Waals surface area contributed by atoms with E-state index in [2.05, 4.69) is 39.7 Å². The van der Waals surface area contributed by atoms with Crippen molar-refractivity contribution < 1.29 is 17.9 Å². The van der Waals surface area contributed by atoms with Gasteiger partial charge in [-0.05, 0) is 86.5 Å². The number of nitrogens with one attached hydrogen (secondary N) is 1. The largest absolute Gasteiger partial charge is 0.466 e. The third-order valence-electron chi connectivity index (χ3n) is 8.16. The second-order valence-electron chi connectivity index (χ2n) is 10.9. The van der Waals surface area contributed by atoms with E-state index in [1.165, 1.54) is 57.8 Å². The average Bonchev–Trinajstić information content (AvgIpc) is 3.48. The molecule has 0 radical (unpaired) electrons. The quantitative estimate of drug-likeness (QED) is 0.107. The summed E-state index contributed by atoms with van der Waals surface area (Å²) < 4.78 is 34.7. The number of carbonyl (C=O) groups excluding carboxylic acids is 1. The van der Waals surface area contributed by atoms with E-state index in [1.807, 2.05) is 0 Å². The lowest BCUT2D eigenvalue weighted by atomic mass is 9.79. The minimum absolute atomic E-state index is 0.0866. The van der Waals surface area contributed by atoms with Crippen LogP contribution in [0.4, 0.5) is 0 Å². The second-order valence-corrected chi connectivity index (χ2v) is 13.6. The van der Waals surface area contributed by atoms with Crippen molar-refractivity contribution in [3.63, 3.8) is 0 Å². The van der Waals surface area contributed by atoms with Crippen LogP contribution in [0, 0.1) is 23.7 Å². The van der Waals surface area contributed by atoms with E-state index in [0.29, 0.717) is 48.1 Å². The Balaban J connectivity index is 1.31. The van der Waals surface area contributed by atoms with Gasteiger partial charge in [-0.15, -0.1) is 0 Å². The number of unbranched alkanes of at least 4 members (excludes halogenated alkanes) is 8. The van der Waals surface area contributed by atoms with Gasteiger partial charge in [0.25, 0.3) is 0 Å². The zero-order valence-corrected chi connectivity index (χ0v) is 24.9. The molecule has 2 bridgehead atoms.